The van der Waals surface area contributed by atoms with E-state index in [0.717, 1.165) is 16.6 Å². The second-order valence-corrected chi connectivity index (χ2v) is 8.97. The van der Waals surface area contributed by atoms with Crippen LogP contribution < -0.4 is 10.5 Å². The van der Waals surface area contributed by atoms with Gasteiger partial charge < -0.3 is 4.90 Å². The maximum absolute atomic E-state index is 13.6. The number of rotatable bonds is 5. The number of hydrogen-bond acceptors (Lipinski definition) is 5. The third kappa shape index (κ3) is 3.83. The van der Waals surface area contributed by atoms with E-state index in [4.69, 9.17) is 0 Å². The van der Waals surface area contributed by atoms with Gasteiger partial charge in [-0.05, 0) is 48.9 Å². The molecule has 0 N–H and O–H groups in total. The number of aromatic nitrogens is 2. The number of amides is 1. The highest BCUT2D eigenvalue weighted by molar-refractivity contribution is 9.10. The molecule has 1 aliphatic heterocycles. The molecule has 1 amide bonds. The molecule has 3 aromatic carbocycles. The average Bonchev–Trinajstić information content (AvgIpc) is 3.10. The lowest BCUT2D eigenvalue weighted by atomic mass is 10.1. The van der Waals surface area contributed by atoms with Crippen LogP contribution in [-0.2, 0) is 4.79 Å². The first-order valence-corrected chi connectivity index (χ1v) is 11.8. The van der Waals surface area contributed by atoms with Crippen molar-refractivity contribution in [3.8, 4) is 5.69 Å². The summed E-state index contributed by atoms with van der Waals surface area (Å²) in [4.78, 5) is 44.7. The van der Waals surface area contributed by atoms with Crippen LogP contribution in [0.4, 0.5) is 11.4 Å². The highest BCUT2D eigenvalue weighted by atomic mass is 79.9. The normalized spacial score (nSPS) is 14.1. The molecule has 0 fully saturated rings. The summed E-state index contributed by atoms with van der Waals surface area (Å²) in [6, 6.07) is 18.4. The Morgan fingerprint density at radius 1 is 1.03 bits per heavy atom. The van der Waals surface area contributed by atoms with E-state index in [1.165, 1.54) is 22.8 Å². The largest absolute Gasteiger partial charge is 0.308 e. The van der Waals surface area contributed by atoms with Crippen molar-refractivity contribution < 1.29 is 9.72 Å². The lowest BCUT2D eigenvalue weighted by Gasteiger charge is -2.15. The molecule has 35 heavy (non-hydrogen) atoms. The van der Waals surface area contributed by atoms with Crippen LogP contribution in [0.15, 0.2) is 76.0 Å². The van der Waals surface area contributed by atoms with Crippen molar-refractivity contribution in [1.29, 1.82) is 0 Å². The van der Waals surface area contributed by atoms with Crippen LogP contribution in [0, 0.1) is 10.1 Å². The molecule has 174 valence electrons. The lowest BCUT2D eigenvalue weighted by molar-refractivity contribution is -0.384. The zero-order valence-corrected chi connectivity index (χ0v) is 20.2. The van der Waals surface area contributed by atoms with Crippen LogP contribution in [0.1, 0.15) is 24.7 Å². The van der Waals surface area contributed by atoms with Crippen LogP contribution in [-0.4, -0.2) is 26.9 Å². The lowest BCUT2D eigenvalue weighted by Crippen LogP contribution is -2.27. The maximum atomic E-state index is 13.6. The Labute approximate surface area is 208 Å². The highest BCUT2D eigenvalue weighted by Gasteiger charge is 2.32. The van der Waals surface area contributed by atoms with Gasteiger partial charge in [0, 0.05) is 22.6 Å². The Morgan fingerprint density at radius 2 is 1.77 bits per heavy atom. The molecule has 8 nitrogen and oxygen atoms in total. The number of fused-ring (bicyclic) bond motifs is 2. The quantitative estimate of drug-likeness (QED) is 0.196. The number of para-hydroxylation sites is 3. The fourth-order valence-corrected chi connectivity index (χ4v) is 4.69. The van der Waals surface area contributed by atoms with Crippen LogP contribution in [0.3, 0.4) is 0 Å². The minimum atomic E-state index is -0.538. The van der Waals surface area contributed by atoms with Gasteiger partial charge in [0.25, 0.3) is 17.2 Å². The third-order valence-corrected chi connectivity index (χ3v) is 6.35. The summed E-state index contributed by atoms with van der Waals surface area (Å²) in [6.45, 7) is 2.53. The Morgan fingerprint density at radius 3 is 2.54 bits per heavy atom. The van der Waals surface area contributed by atoms with Crippen molar-refractivity contribution in [2.75, 3.05) is 11.4 Å². The molecule has 9 heteroatoms. The summed E-state index contributed by atoms with van der Waals surface area (Å²) in [5.41, 5.74) is 1.66. The molecular formula is C26H19BrN4O4. The second-order valence-electron chi connectivity index (χ2n) is 8.05. The monoisotopic (exact) mass is 530 g/mol. The van der Waals surface area contributed by atoms with Crippen molar-refractivity contribution in [3.05, 3.63) is 103 Å². The van der Waals surface area contributed by atoms with Crippen LogP contribution in [0.2, 0.25) is 0 Å². The van der Waals surface area contributed by atoms with E-state index in [2.05, 4.69) is 20.9 Å². The Kier molecular flexibility index (Phi) is 5.78. The molecule has 0 atom stereocenters. The summed E-state index contributed by atoms with van der Waals surface area (Å²) in [5.74, 6) is -0.0768. The SMILES string of the molecule is CCCN1C(=O)C(=Cc2nc3ccccc3c(=O)n2-c2ccccc2[N+](=O)[O-])c2cc(Br)ccc21. The van der Waals surface area contributed by atoms with Gasteiger partial charge in [0.15, 0.2) is 0 Å². The van der Waals surface area contributed by atoms with Gasteiger partial charge in [-0.25, -0.2) is 4.98 Å². The van der Waals surface area contributed by atoms with Gasteiger partial charge in [0.1, 0.15) is 11.5 Å². The van der Waals surface area contributed by atoms with Gasteiger partial charge >= 0.3 is 0 Å². The fraction of sp³-hybridized carbons (Fsp3) is 0.115. The van der Waals surface area contributed by atoms with E-state index >= 15 is 0 Å². The molecule has 0 saturated carbocycles. The molecule has 1 aliphatic rings. The van der Waals surface area contributed by atoms with Crippen molar-refractivity contribution in [2.45, 2.75) is 13.3 Å². The molecule has 0 aliphatic carbocycles. The van der Waals surface area contributed by atoms with Gasteiger partial charge in [-0.15, -0.1) is 0 Å². The molecule has 0 bridgehead atoms. The number of nitrogens with zero attached hydrogens (tertiary/aromatic N) is 4. The van der Waals surface area contributed by atoms with Crippen molar-refractivity contribution in [1.82, 2.24) is 9.55 Å². The number of carbonyl (C=O) groups is 1. The van der Waals surface area contributed by atoms with Crippen LogP contribution >= 0.6 is 15.9 Å². The Hall–Kier alpha value is -4.11. The summed E-state index contributed by atoms with van der Waals surface area (Å²) in [6.07, 6.45) is 2.32. The molecule has 0 radical (unpaired) electrons. The van der Waals surface area contributed by atoms with Gasteiger partial charge in [-0.2, -0.15) is 0 Å². The van der Waals surface area contributed by atoms with Gasteiger partial charge in [-0.1, -0.05) is 47.1 Å². The number of nitro benzene ring substituents is 1. The van der Waals surface area contributed by atoms with Gasteiger partial charge in [0.2, 0.25) is 0 Å². The smallest absolute Gasteiger partial charge is 0.293 e. The average molecular weight is 531 g/mol. The van der Waals surface area contributed by atoms with Crippen molar-refractivity contribution >= 4 is 55.8 Å². The molecule has 0 spiro atoms. The summed E-state index contributed by atoms with van der Waals surface area (Å²) in [5, 5.41) is 12.1. The summed E-state index contributed by atoms with van der Waals surface area (Å²) < 4.78 is 2.01. The maximum Gasteiger partial charge on any atom is 0.293 e. The number of hydrogen-bond donors (Lipinski definition) is 0. The standard InChI is InChI=1S/C26H19BrN4O4/c1-2-13-29-21-12-11-16(27)14-18(21)19(25(29)32)15-24-28-20-8-4-3-7-17(20)26(33)30(24)22-9-5-6-10-23(22)31(34)35/h3-12,14-15H,2,13H2,1H3. The van der Waals surface area contributed by atoms with E-state index in [-0.39, 0.29) is 23.1 Å². The van der Waals surface area contributed by atoms with E-state index in [1.807, 2.05) is 25.1 Å². The molecular weight excluding hydrogens is 512 g/mol. The van der Waals surface area contributed by atoms with Crippen LogP contribution in [0.5, 0.6) is 0 Å². The first-order chi connectivity index (χ1) is 16.9. The molecule has 1 aromatic heterocycles. The first-order valence-electron chi connectivity index (χ1n) is 11.0. The number of halogens is 1. The highest BCUT2D eigenvalue weighted by Crippen LogP contribution is 2.39. The molecule has 2 heterocycles. The summed E-state index contributed by atoms with van der Waals surface area (Å²) in [7, 11) is 0. The molecule has 5 rings (SSSR count). The van der Waals surface area contributed by atoms with Crippen molar-refractivity contribution in [2.24, 2.45) is 0 Å². The zero-order valence-electron chi connectivity index (χ0n) is 18.6. The van der Waals surface area contributed by atoms with E-state index in [1.54, 1.807) is 41.3 Å². The number of nitro groups is 1. The molecule has 0 unspecified atom stereocenters. The van der Waals surface area contributed by atoms with Gasteiger partial charge in [0.05, 0.1) is 27.1 Å². The fourth-order valence-electron chi connectivity index (χ4n) is 4.33. The van der Waals surface area contributed by atoms with E-state index < -0.39 is 10.5 Å². The number of benzene rings is 3. The van der Waals surface area contributed by atoms with Gasteiger partial charge in [-0.3, -0.25) is 24.3 Å². The van der Waals surface area contributed by atoms with Crippen LogP contribution in [0.25, 0.3) is 28.2 Å². The molecule has 0 saturated heterocycles. The Balaban J connectivity index is 1.84. The predicted octanol–water partition coefficient (Wildman–Crippen LogP) is 5.35. The predicted molar refractivity (Wildman–Crippen MR) is 139 cm³/mol. The second kappa shape index (κ2) is 8.92. The number of carbonyl (C=O) groups excluding carboxylic acids is 1. The first kappa shape index (κ1) is 22.7. The minimum absolute atomic E-state index is 0.0814. The minimum Gasteiger partial charge on any atom is -0.308 e. The summed E-state index contributed by atoms with van der Waals surface area (Å²) >= 11 is 3.47. The van der Waals surface area contributed by atoms with Crippen molar-refractivity contribution in [3.63, 3.8) is 0 Å². The molecule has 4 aromatic rings. The number of anilines is 1. The van der Waals surface area contributed by atoms with E-state index in [0.29, 0.717) is 28.6 Å². The topological polar surface area (TPSA) is 98.3 Å². The van der Waals surface area contributed by atoms with E-state index in [9.17, 15) is 19.7 Å². The Bertz CT molecular complexity index is 1610. The third-order valence-electron chi connectivity index (χ3n) is 5.86. The zero-order chi connectivity index (χ0) is 24.7.